The lowest BCUT2D eigenvalue weighted by Crippen LogP contribution is -2.30. The van der Waals surface area contributed by atoms with Crippen LogP contribution in [0.2, 0.25) is 5.02 Å². The van der Waals surface area contributed by atoms with Crippen LogP contribution in [0.25, 0.3) is 11.1 Å². The van der Waals surface area contributed by atoms with Gasteiger partial charge in [0, 0.05) is 61.7 Å². The molecule has 214 valence electrons. The Labute approximate surface area is 249 Å². The van der Waals surface area contributed by atoms with E-state index in [2.05, 4.69) is 21.7 Å². The van der Waals surface area contributed by atoms with Gasteiger partial charge in [0.15, 0.2) is 0 Å². The van der Waals surface area contributed by atoms with Crippen LogP contribution >= 0.6 is 11.6 Å². The van der Waals surface area contributed by atoms with Crippen molar-refractivity contribution in [2.75, 3.05) is 13.1 Å². The minimum Gasteiger partial charge on any atom is -0.488 e. The molecule has 0 unspecified atom stereocenters. The third kappa shape index (κ3) is 6.88. The normalized spacial score (nSPS) is 13.7. The Morgan fingerprint density at radius 2 is 1.93 bits per heavy atom. The third-order valence-electron chi connectivity index (χ3n) is 7.07. The van der Waals surface area contributed by atoms with Crippen molar-refractivity contribution in [1.29, 1.82) is 5.26 Å². The van der Waals surface area contributed by atoms with E-state index in [9.17, 15) is 14.4 Å². The Bertz CT molecular complexity index is 1640. The van der Waals surface area contributed by atoms with E-state index in [-0.39, 0.29) is 24.4 Å². The zero-order valence-corrected chi connectivity index (χ0v) is 23.9. The molecular formula is C33H30ClFN4O3. The molecule has 1 aliphatic carbocycles. The van der Waals surface area contributed by atoms with Gasteiger partial charge in [0.1, 0.15) is 36.1 Å². The number of rotatable bonds is 11. The van der Waals surface area contributed by atoms with Crippen molar-refractivity contribution in [3.05, 3.63) is 112 Å². The second kappa shape index (κ2) is 13.5. The second-order valence-corrected chi connectivity index (χ2v) is 10.4. The molecule has 0 radical (unpaired) electrons. The number of nitrogens with one attached hydrogen (secondary N) is 2. The molecule has 4 aromatic rings. The second-order valence-electron chi connectivity index (χ2n) is 10.0. The minimum absolute atomic E-state index is 0.0897. The van der Waals surface area contributed by atoms with Gasteiger partial charge >= 0.3 is 0 Å². The standard InChI is InChI=1S/C33H30ClFN4O3/c1-21(40)39-12-11-37-19-24-14-29(34)33(15-32(24)41-20-23-13-22(16-36)17-38-18-23)42-31-10-9-26-25(6-4-7-28(26)31)27-5-2-3-8-30(27)35/h2-8,13-15,17-18,31,37H,9-12,19-20H2,1H3,(H,39,40)/t31-/m0/s1. The summed E-state index contributed by atoms with van der Waals surface area (Å²) in [4.78, 5) is 15.3. The molecule has 7 nitrogen and oxygen atoms in total. The van der Waals surface area contributed by atoms with E-state index in [4.69, 9.17) is 21.1 Å². The summed E-state index contributed by atoms with van der Waals surface area (Å²) in [6.07, 6.45) is 4.38. The Kier molecular flexibility index (Phi) is 9.32. The SMILES string of the molecule is CC(=O)NCCNCc1cc(Cl)c(O[C@H]2CCc3c(-c4ccccc4F)cccc32)cc1OCc1cncc(C#N)c1. The van der Waals surface area contributed by atoms with Gasteiger partial charge in [-0.25, -0.2) is 4.39 Å². The first kappa shape index (κ1) is 29.1. The van der Waals surface area contributed by atoms with Crippen LogP contribution in [0.5, 0.6) is 11.5 Å². The zero-order valence-electron chi connectivity index (χ0n) is 23.1. The fraction of sp³-hybridized carbons (Fsp3) is 0.242. The highest BCUT2D eigenvalue weighted by Gasteiger charge is 2.28. The molecule has 9 heteroatoms. The molecule has 0 aliphatic heterocycles. The first-order valence-corrected chi connectivity index (χ1v) is 14.1. The highest BCUT2D eigenvalue weighted by Crippen LogP contribution is 2.43. The Hall–Kier alpha value is -4.45. The molecule has 0 saturated heterocycles. The number of halogens is 2. The molecule has 0 saturated carbocycles. The first-order chi connectivity index (χ1) is 20.4. The summed E-state index contributed by atoms with van der Waals surface area (Å²) in [6.45, 7) is 3.17. The number of benzene rings is 3. The molecule has 1 amide bonds. The number of nitrogens with zero attached hydrogens (tertiary/aromatic N) is 2. The molecule has 2 N–H and O–H groups in total. The molecule has 1 aliphatic rings. The average molecular weight is 585 g/mol. The minimum atomic E-state index is -0.254. The number of hydrogen-bond acceptors (Lipinski definition) is 6. The number of fused-ring (bicyclic) bond motifs is 1. The molecule has 0 bridgehead atoms. The van der Waals surface area contributed by atoms with Gasteiger partial charge in [-0.2, -0.15) is 5.26 Å². The Balaban J connectivity index is 1.38. The molecule has 1 aromatic heterocycles. The van der Waals surface area contributed by atoms with Crippen LogP contribution in [-0.2, 0) is 24.4 Å². The highest BCUT2D eigenvalue weighted by atomic mass is 35.5. The summed E-state index contributed by atoms with van der Waals surface area (Å²) in [5, 5.41) is 15.7. The van der Waals surface area contributed by atoms with Gasteiger partial charge in [0.2, 0.25) is 5.91 Å². The zero-order chi connectivity index (χ0) is 29.5. The molecule has 3 aromatic carbocycles. The lowest BCUT2D eigenvalue weighted by Gasteiger charge is -2.20. The van der Waals surface area contributed by atoms with Crippen LogP contribution in [0.3, 0.4) is 0 Å². The van der Waals surface area contributed by atoms with Gasteiger partial charge in [-0.15, -0.1) is 0 Å². The van der Waals surface area contributed by atoms with E-state index in [1.807, 2.05) is 30.3 Å². The van der Waals surface area contributed by atoms with E-state index < -0.39 is 0 Å². The number of amides is 1. The molecule has 5 rings (SSSR count). The van der Waals surface area contributed by atoms with Crippen LogP contribution in [0.15, 0.2) is 73.1 Å². The number of aromatic nitrogens is 1. The lowest BCUT2D eigenvalue weighted by molar-refractivity contribution is -0.118. The maximum Gasteiger partial charge on any atom is 0.216 e. The van der Waals surface area contributed by atoms with Crippen molar-refractivity contribution in [1.82, 2.24) is 15.6 Å². The number of nitriles is 1. The van der Waals surface area contributed by atoms with Gasteiger partial charge in [-0.3, -0.25) is 9.78 Å². The van der Waals surface area contributed by atoms with Crippen molar-refractivity contribution in [2.24, 2.45) is 0 Å². The molecule has 1 atom stereocenters. The third-order valence-corrected chi connectivity index (χ3v) is 7.37. The van der Waals surface area contributed by atoms with Crippen molar-refractivity contribution in [2.45, 2.75) is 39.0 Å². The summed E-state index contributed by atoms with van der Waals surface area (Å²) >= 11 is 6.73. The van der Waals surface area contributed by atoms with Crippen molar-refractivity contribution >= 4 is 17.5 Å². The topological polar surface area (TPSA) is 96.3 Å². The lowest BCUT2D eigenvalue weighted by atomic mass is 9.96. The summed E-state index contributed by atoms with van der Waals surface area (Å²) in [7, 11) is 0. The molecule has 1 heterocycles. The molecule has 42 heavy (non-hydrogen) atoms. The highest BCUT2D eigenvalue weighted by molar-refractivity contribution is 6.32. The smallest absolute Gasteiger partial charge is 0.216 e. The fourth-order valence-corrected chi connectivity index (χ4v) is 5.33. The van der Waals surface area contributed by atoms with E-state index in [0.717, 1.165) is 40.7 Å². The van der Waals surface area contributed by atoms with Gasteiger partial charge < -0.3 is 20.1 Å². The van der Waals surface area contributed by atoms with Gasteiger partial charge in [-0.1, -0.05) is 48.0 Å². The van der Waals surface area contributed by atoms with Gasteiger partial charge in [0.05, 0.1) is 10.6 Å². The van der Waals surface area contributed by atoms with E-state index in [1.54, 1.807) is 30.5 Å². The van der Waals surface area contributed by atoms with Crippen molar-refractivity contribution in [3.63, 3.8) is 0 Å². The summed E-state index contributed by atoms with van der Waals surface area (Å²) in [5.74, 6) is 0.707. The van der Waals surface area contributed by atoms with Crippen LogP contribution in [0.1, 0.15) is 47.3 Å². The van der Waals surface area contributed by atoms with E-state index in [1.165, 1.54) is 19.2 Å². The maximum atomic E-state index is 14.6. The summed E-state index contributed by atoms with van der Waals surface area (Å²) < 4.78 is 27.3. The van der Waals surface area contributed by atoms with Crippen LogP contribution in [-0.4, -0.2) is 24.0 Å². The largest absolute Gasteiger partial charge is 0.488 e. The van der Waals surface area contributed by atoms with E-state index in [0.29, 0.717) is 47.3 Å². The molecular weight excluding hydrogens is 555 g/mol. The summed E-state index contributed by atoms with van der Waals surface area (Å²) in [6, 6.07) is 20.1. The van der Waals surface area contributed by atoms with Gasteiger partial charge in [0.25, 0.3) is 0 Å². The van der Waals surface area contributed by atoms with Crippen molar-refractivity contribution in [3.8, 4) is 28.7 Å². The molecule has 0 spiro atoms. The summed E-state index contributed by atoms with van der Waals surface area (Å²) in [5.41, 5.74) is 5.55. The number of hydrogen-bond donors (Lipinski definition) is 2. The number of carbonyl (C=O) groups excluding carboxylic acids is 1. The van der Waals surface area contributed by atoms with Crippen LogP contribution in [0, 0.1) is 17.1 Å². The number of pyridine rings is 1. The van der Waals surface area contributed by atoms with Crippen molar-refractivity contribution < 1.29 is 18.7 Å². The van der Waals surface area contributed by atoms with E-state index >= 15 is 0 Å². The van der Waals surface area contributed by atoms with Crippen LogP contribution < -0.4 is 20.1 Å². The maximum absolute atomic E-state index is 14.6. The Morgan fingerprint density at radius 1 is 1.10 bits per heavy atom. The number of carbonyl (C=O) groups is 1. The number of ether oxygens (including phenoxy) is 2. The Morgan fingerprint density at radius 3 is 2.74 bits per heavy atom. The first-order valence-electron chi connectivity index (χ1n) is 13.7. The van der Waals surface area contributed by atoms with Crippen LogP contribution in [0.4, 0.5) is 4.39 Å². The molecule has 0 fully saturated rings. The average Bonchev–Trinajstić information content (AvgIpc) is 3.40. The monoisotopic (exact) mass is 584 g/mol. The fourth-order valence-electron chi connectivity index (χ4n) is 5.10. The quantitative estimate of drug-likeness (QED) is 0.201. The van der Waals surface area contributed by atoms with Gasteiger partial charge in [-0.05, 0) is 47.7 Å². The predicted molar refractivity (Wildman–Crippen MR) is 159 cm³/mol. The predicted octanol–water partition coefficient (Wildman–Crippen LogP) is 6.28.